The molecule has 3 rings (SSSR count). The van der Waals surface area contributed by atoms with Crippen LogP contribution in [0.3, 0.4) is 0 Å². The van der Waals surface area contributed by atoms with Crippen LogP contribution in [0.15, 0.2) is 42.2 Å². The number of carboxylic acids is 1. The van der Waals surface area contributed by atoms with Crippen LogP contribution in [-0.2, 0) is 9.53 Å². The zero-order chi connectivity index (χ0) is 19.9. The molecule has 6 heteroatoms. The van der Waals surface area contributed by atoms with E-state index < -0.39 is 12.1 Å². The summed E-state index contributed by atoms with van der Waals surface area (Å²) in [6.07, 6.45) is 5.39. The zero-order valence-corrected chi connectivity index (χ0v) is 16.1. The van der Waals surface area contributed by atoms with Gasteiger partial charge in [0.05, 0.1) is 18.5 Å². The lowest BCUT2D eigenvalue weighted by atomic mass is 9.88. The average Bonchev–Trinajstić information content (AvgIpc) is 3.18. The third-order valence-corrected chi connectivity index (χ3v) is 5.99. The van der Waals surface area contributed by atoms with Crippen molar-refractivity contribution in [3.8, 4) is 5.75 Å². The Hall–Kier alpha value is -2.05. The highest BCUT2D eigenvalue weighted by Crippen LogP contribution is 2.52. The van der Waals surface area contributed by atoms with Crippen molar-refractivity contribution in [1.82, 2.24) is 0 Å². The lowest BCUT2D eigenvalue weighted by molar-refractivity contribution is -0.142. The number of ether oxygens (including phenoxy) is 2. The second-order valence-corrected chi connectivity index (χ2v) is 7.90. The molecule has 2 aliphatic carbocycles. The van der Waals surface area contributed by atoms with E-state index >= 15 is 0 Å². The van der Waals surface area contributed by atoms with E-state index in [1.807, 2.05) is 30.3 Å². The summed E-state index contributed by atoms with van der Waals surface area (Å²) in [4.78, 5) is 10.5. The molecule has 0 saturated heterocycles. The van der Waals surface area contributed by atoms with Crippen LogP contribution in [0.2, 0.25) is 0 Å². The van der Waals surface area contributed by atoms with Gasteiger partial charge in [-0.05, 0) is 61.6 Å². The van der Waals surface area contributed by atoms with Gasteiger partial charge in [-0.25, -0.2) is 4.79 Å². The highest BCUT2D eigenvalue weighted by molar-refractivity contribution is 5.67. The molecule has 0 bridgehead atoms. The summed E-state index contributed by atoms with van der Waals surface area (Å²) in [5, 5.41) is 29.6. The summed E-state index contributed by atoms with van der Waals surface area (Å²) in [6.45, 7) is 0.673. The van der Waals surface area contributed by atoms with Gasteiger partial charge in [-0.3, -0.25) is 0 Å². The number of aliphatic hydroxyl groups is 2. The van der Waals surface area contributed by atoms with E-state index in [2.05, 4.69) is 0 Å². The molecule has 0 spiro atoms. The van der Waals surface area contributed by atoms with Gasteiger partial charge in [-0.2, -0.15) is 0 Å². The normalized spacial score (nSPS) is 29.6. The van der Waals surface area contributed by atoms with Gasteiger partial charge >= 0.3 is 5.97 Å². The Kier molecular flexibility index (Phi) is 7.34. The summed E-state index contributed by atoms with van der Waals surface area (Å²) in [5.41, 5.74) is 0. The van der Waals surface area contributed by atoms with E-state index in [1.54, 1.807) is 6.08 Å². The highest BCUT2D eigenvalue weighted by Gasteiger charge is 2.49. The van der Waals surface area contributed by atoms with Crippen molar-refractivity contribution in [3.05, 3.63) is 42.2 Å². The number of rotatable bonds is 10. The number of para-hydroxylation sites is 1. The summed E-state index contributed by atoms with van der Waals surface area (Å²) in [5.74, 6) is 1.10. The molecule has 5 atom stereocenters. The minimum atomic E-state index is -0.946. The van der Waals surface area contributed by atoms with Crippen molar-refractivity contribution in [2.24, 2.45) is 23.7 Å². The van der Waals surface area contributed by atoms with Crippen LogP contribution in [-0.4, -0.2) is 47.2 Å². The van der Waals surface area contributed by atoms with Gasteiger partial charge in [-0.15, -0.1) is 0 Å². The Morgan fingerprint density at radius 3 is 2.64 bits per heavy atom. The van der Waals surface area contributed by atoms with Gasteiger partial charge in [0.25, 0.3) is 0 Å². The molecule has 1 aromatic carbocycles. The van der Waals surface area contributed by atoms with E-state index in [0.29, 0.717) is 31.5 Å². The number of benzene rings is 1. The first-order valence-corrected chi connectivity index (χ1v) is 10.1. The zero-order valence-electron chi connectivity index (χ0n) is 16.1. The van der Waals surface area contributed by atoms with E-state index in [0.717, 1.165) is 31.4 Å². The van der Waals surface area contributed by atoms with Crippen LogP contribution in [0, 0.1) is 23.7 Å². The first-order chi connectivity index (χ1) is 13.5. The topological polar surface area (TPSA) is 96.2 Å². The summed E-state index contributed by atoms with van der Waals surface area (Å²) in [7, 11) is 0. The Morgan fingerprint density at radius 2 is 1.89 bits per heavy atom. The van der Waals surface area contributed by atoms with Crippen molar-refractivity contribution in [3.63, 3.8) is 0 Å². The minimum Gasteiger partial charge on any atom is -0.512 e. The summed E-state index contributed by atoms with van der Waals surface area (Å²) >= 11 is 0. The molecular weight excluding hydrogens is 360 g/mol. The maximum atomic E-state index is 10.6. The second kappa shape index (κ2) is 9.94. The Morgan fingerprint density at radius 1 is 1.11 bits per heavy atom. The van der Waals surface area contributed by atoms with Gasteiger partial charge in [0.15, 0.2) is 0 Å². The number of carboxylic acid groups (broad SMARTS) is 1. The fraction of sp³-hybridized carbons (Fsp3) is 0.591. The molecule has 3 N–H and O–H groups in total. The molecule has 154 valence electrons. The summed E-state index contributed by atoms with van der Waals surface area (Å²) in [6, 6.07) is 9.56. The molecule has 0 radical (unpaired) electrons. The molecular formula is C22H30O6. The maximum absolute atomic E-state index is 10.6. The lowest BCUT2D eigenvalue weighted by Gasteiger charge is -2.21. The van der Waals surface area contributed by atoms with E-state index in [1.165, 1.54) is 0 Å². The summed E-state index contributed by atoms with van der Waals surface area (Å²) < 4.78 is 10.8. The molecule has 0 aliphatic heterocycles. The number of hydrogen-bond acceptors (Lipinski definition) is 5. The number of aliphatic hydroxyl groups excluding tert-OH is 2. The SMILES string of the molecule is O=C(O)COCCC1C[C@@H]2C[C@H](O)[C@H](C(O)=CCCOc3ccccc3)[C@@H]2C1. The first kappa shape index (κ1) is 20.7. The predicted octanol–water partition coefficient (Wildman–Crippen LogP) is 3.41. The van der Waals surface area contributed by atoms with Crippen LogP contribution >= 0.6 is 0 Å². The average molecular weight is 390 g/mol. The molecule has 1 unspecified atom stereocenters. The molecule has 0 amide bonds. The fourth-order valence-corrected chi connectivity index (χ4v) is 4.83. The van der Waals surface area contributed by atoms with E-state index in [-0.39, 0.29) is 24.2 Å². The molecule has 28 heavy (non-hydrogen) atoms. The molecule has 6 nitrogen and oxygen atoms in total. The Bertz CT molecular complexity index is 658. The quantitative estimate of drug-likeness (QED) is 0.418. The van der Waals surface area contributed by atoms with Crippen LogP contribution in [0.1, 0.15) is 32.1 Å². The van der Waals surface area contributed by atoms with Gasteiger partial charge in [-0.1, -0.05) is 18.2 Å². The van der Waals surface area contributed by atoms with Gasteiger partial charge < -0.3 is 24.8 Å². The van der Waals surface area contributed by atoms with E-state index in [4.69, 9.17) is 14.6 Å². The lowest BCUT2D eigenvalue weighted by Crippen LogP contribution is -2.22. The fourth-order valence-electron chi connectivity index (χ4n) is 4.83. The number of hydrogen-bond donors (Lipinski definition) is 3. The largest absolute Gasteiger partial charge is 0.512 e. The Balaban J connectivity index is 1.45. The first-order valence-electron chi connectivity index (χ1n) is 10.1. The molecule has 1 aromatic rings. The van der Waals surface area contributed by atoms with Crippen molar-refractivity contribution in [1.29, 1.82) is 0 Å². The number of aliphatic carboxylic acids is 1. The van der Waals surface area contributed by atoms with E-state index in [9.17, 15) is 15.0 Å². The second-order valence-electron chi connectivity index (χ2n) is 7.90. The van der Waals surface area contributed by atoms with Crippen molar-refractivity contribution in [2.45, 2.75) is 38.2 Å². The molecule has 2 saturated carbocycles. The van der Waals surface area contributed by atoms with Gasteiger partial charge in [0, 0.05) is 18.9 Å². The van der Waals surface area contributed by atoms with Crippen molar-refractivity contribution < 1.29 is 29.6 Å². The third-order valence-electron chi connectivity index (χ3n) is 5.99. The van der Waals surface area contributed by atoms with Gasteiger partial charge in [0.2, 0.25) is 0 Å². The Labute approximate surface area is 165 Å². The predicted molar refractivity (Wildman–Crippen MR) is 104 cm³/mol. The van der Waals surface area contributed by atoms with Crippen LogP contribution in [0.4, 0.5) is 0 Å². The number of fused-ring (bicyclic) bond motifs is 1. The molecule has 0 aromatic heterocycles. The smallest absolute Gasteiger partial charge is 0.329 e. The van der Waals surface area contributed by atoms with Gasteiger partial charge in [0.1, 0.15) is 12.4 Å². The maximum Gasteiger partial charge on any atom is 0.329 e. The van der Waals surface area contributed by atoms with Crippen LogP contribution in [0.5, 0.6) is 5.75 Å². The highest BCUT2D eigenvalue weighted by atomic mass is 16.5. The molecule has 2 fully saturated rings. The standard InChI is InChI=1S/C22H30O6/c23-19(7-4-9-28-17-5-2-1-3-6-17)22-18-12-15(8-10-27-14-21(25)26)11-16(18)13-20(22)24/h1-3,5-7,15-16,18,20,22-24H,4,8-14H2,(H,25,26)/t15?,16-,18-,20+,22+/m1/s1. The van der Waals surface area contributed by atoms with Crippen LogP contribution in [0.25, 0.3) is 0 Å². The molecule has 2 aliphatic rings. The van der Waals surface area contributed by atoms with Crippen molar-refractivity contribution in [2.75, 3.05) is 19.8 Å². The minimum absolute atomic E-state index is 0.202. The number of carbonyl (C=O) groups is 1. The van der Waals surface area contributed by atoms with Crippen LogP contribution < -0.4 is 4.74 Å². The van der Waals surface area contributed by atoms with Crippen molar-refractivity contribution >= 4 is 5.97 Å². The molecule has 0 heterocycles. The third kappa shape index (κ3) is 5.49. The monoisotopic (exact) mass is 390 g/mol.